The van der Waals surface area contributed by atoms with Crippen molar-refractivity contribution in [3.63, 3.8) is 0 Å². The van der Waals surface area contributed by atoms with Crippen LogP contribution in [0.25, 0.3) is 11.1 Å². The van der Waals surface area contributed by atoms with Gasteiger partial charge in [-0.15, -0.1) is 0 Å². The predicted octanol–water partition coefficient (Wildman–Crippen LogP) is 8.08. The lowest BCUT2D eigenvalue weighted by Crippen LogP contribution is -2.06. The van der Waals surface area contributed by atoms with Crippen LogP contribution in [0.1, 0.15) is 81.5 Å². The van der Waals surface area contributed by atoms with Crippen LogP contribution in [0.4, 0.5) is 0 Å². The molecule has 146 valence electrons. The van der Waals surface area contributed by atoms with Gasteiger partial charge in [0.1, 0.15) is 0 Å². The highest BCUT2D eigenvalue weighted by atomic mass is 14.3. The molecule has 2 unspecified atom stereocenters. The smallest absolute Gasteiger partial charge is 0.00326 e. The van der Waals surface area contributed by atoms with Crippen molar-refractivity contribution in [3.8, 4) is 0 Å². The van der Waals surface area contributed by atoms with E-state index in [0.717, 1.165) is 0 Å². The fourth-order valence-electron chi connectivity index (χ4n) is 5.32. The van der Waals surface area contributed by atoms with E-state index in [2.05, 4.69) is 95.3 Å². The average Bonchev–Trinajstić information content (AvgIpc) is 3.21. The Bertz CT molecular complexity index is 834. The summed E-state index contributed by atoms with van der Waals surface area (Å²) in [5.41, 5.74) is 9.15. The topological polar surface area (TPSA) is 0 Å². The Labute approximate surface area is 171 Å². The Morgan fingerprint density at radius 2 is 1.00 bits per heavy atom. The van der Waals surface area contributed by atoms with E-state index in [-0.39, 0.29) is 0 Å². The molecular weight excluding hydrogens is 336 g/mol. The first-order valence-corrected chi connectivity index (χ1v) is 11.1. The average molecular weight is 371 g/mol. The summed E-state index contributed by atoms with van der Waals surface area (Å²) in [6, 6.07) is 18.1. The number of hydrogen-bond acceptors (Lipinski definition) is 0. The third kappa shape index (κ3) is 3.50. The van der Waals surface area contributed by atoms with Crippen molar-refractivity contribution in [1.82, 2.24) is 0 Å². The molecule has 2 atom stereocenters. The van der Waals surface area contributed by atoms with Gasteiger partial charge in [0.25, 0.3) is 0 Å². The molecule has 0 bridgehead atoms. The van der Waals surface area contributed by atoms with Crippen LogP contribution in [0.3, 0.4) is 0 Å². The summed E-state index contributed by atoms with van der Waals surface area (Å²) in [6.45, 7) is 11.7. The summed E-state index contributed by atoms with van der Waals surface area (Å²) in [5, 5.41) is 0. The van der Waals surface area contributed by atoms with Gasteiger partial charge < -0.3 is 0 Å². The van der Waals surface area contributed by atoms with E-state index in [9.17, 15) is 0 Å². The van der Waals surface area contributed by atoms with Crippen LogP contribution in [0.15, 0.2) is 60.7 Å². The molecule has 2 aromatic carbocycles. The largest absolute Gasteiger partial charge is 0.0729 e. The van der Waals surface area contributed by atoms with E-state index in [1.54, 1.807) is 22.3 Å². The molecule has 0 aliphatic heterocycles. The van der Waals surface area contributed by atoms with Gasteiger partial charge in [-0.1, -0.05) is 95.3 Å². The van der Waals surface area contributed by atoms with Crippen molar-refractivity contribution in [2.75, 3.05) is 0 Å². The summed E-state index contributed by atoms with van der Waals surface area (Å²) < 4.78 is 0. The van der Waals surface area contributed by atoms with Crippen molar-refractivity contribution in [1.29, 1.82) is 0 Å². The first-order chi connectivity index (χ1) is 13.5. The molecule has 0 saturated heterocycles. The number of hydrogen-bond donors (Lipinski definition) is 0. The molecule has 0 spiro atoms. The summed E-state index contributed by atoms with van der Waals surface area (Å²) in [6.07, 6.45) is 7.61. The zero-order valence-corrected chi connectivity index (χ0v) is 18.1. The van der Waals surface area contributed by atoms with Gasteiger partial charge >= 0.3 is 0 Å². The molecule has 2 aromatic rings. The second-order valence-electron chi connectivity index (χ2n) is 9.52. The molecular formula is C28H34. The minimum Gasteiger partial charge on any atom is -0.0729 e. The zero-order valence-electron chi connectivity index (χ0n) is 18.1. The molecule has 0 saturated carbocycles. The van der Waals surface area contributed by atoms with Crippen molar-refractivity contribution >= 4 is 11.1 Å². The summed E-state index contributed by atoms with van der Waals surface area (Å²) >= 11 is 0. The Balaban J connectivity index is 1.52. The van der Waals surface area contributed by atoms with Crippen LogP contribution in [0.2, 0.25) is 0 Å². The molecule has 0 N–H and O–H groups in total. The van der Waals surface area contributed by atoms with Crippen LogP contribution < -0.4 is 0 Å². The lowest BCUT2D eigenvalue weighted by Gasteiger charge is -2.20. The van der Waals surface area contributed by atoms with E-state index in [1.165, 1.54) is 24.0 Å². The number of rotatable bonds is 6. The van der Waals surface area contributed by atoms with Gasteiger partial charge in [0.05, 0.1) is 0 Å². The minimum absolute atomic E-state index is 0.578. The lowest BCUT2D eigenvalue weighted by atomic mass is 9.84. The van der Waals surface area contributed by atoms with E-state index in [1.807, 2.05) is 0 Å². The molecule has 0 radical (unpaired) electrons. The van der Waals surface area contributed by atoms with E-state index in [0.29, 0.717) is 29.6 Å². The Morgan fingerprint density at radius 3 is 1.39 bits per heavy atom. The number of allylic oxidation sites excluding steroid dienone is 4. The van der Waals surface area contributed by atoms with Crippen LogP contribution >= 0.6 is 0 Å². The monoisotopic (exact) mass is 370 g/mol. The van der Waals surface area contributed by atoms with Gasteiger partial charge in [0, 0.05) is 11.8 Å². The van der Waals surface area contributed by atoms with Crippen molar-refractivity contribution < 1.29 is 0 Å². The molecule has 0 heteroatoms. The Hall–Kier alpha value is -2.08. The highest BCUT2D eigenvalue weighted by molar-refractivity contribution is 5.76. The highest BCUT2D eigenvalue weighted by Crippen LogP contribution is 2.46. The van der Waals surface area contributed by atoms with Gasteiger partial charge in [-0.05, 0) is 64.0 Å². The second kappa shape index (κ2) is 7.74. The molecule has 0 nitrogen and oxygen atoms in total. The lowest BCUT2D eigenvalue weighted by molar-refractivity contribution is 0.454. The van der Waals surface area contributed by atoms with Crippen LogP contribution in [-0.2, 0) is 0 Å². The first-order valence-electron chi connectivity index (χ1n) is 11.1. The maximum Gasteiger partial charge on any atom is 0.00326 e. The standard InChI is InChI=1S/C28H34/c1-18(2)27-16-21(23-10-6-8-12-25(23)27)14-20(5)15-22-17-28(19(3)4)26-13-9-7-11-24(22)26/h6-13,16-22H,14-15H2,1-5H3. The molecule has 0 aromatic heterocycles. The molecule has 0 fully saturated rings. The van der Waals surface area contributed by atoms with Crippen molar-refractivity contribution in [2.45, 2.75) is 59.3 Å². The van der Waals surface area contributed by atoms with E-state index >= 15 is 0 Å². The third-order valence-corrected chi connectivity index (χ3v) is 6.66. The SMILES string of the molecule is CC(CC1C=C(C(C)C)c2ccccc21)CC1C=C(C(C)C)c2ccccc21. The summed E-state index contributed by atoms with van der Waals surface area (Å²) in [7, 11) is 0. The van der Waals surface area contributed by atoms with E-state index in [4.69, 9.17) is 0 Å². The van der Waals surface area contributed by atoms with E-state index < -0.39 is 0 Å². The summed E-state index contributed by atoms with van der Waals surface area (Å²) in [4.78, 5) is 0. The maximum atomic E-state index is 2.56. The number of fused-ring (bicyclic) bond motifs is 2. The summed E-state index contributed by atoms with van der Waals surface area (Å²) in [5.74, 6) is 3.05. The molecule has 2 aliphatic carbocycles. The molecule has 2 aliphatic rings. The predicted molar refractivity (Wildman–Crippen MR) is 122 cm³/mol. The van der Waals surface area contributed by atoms with Gasteiger partial charge in [-0.3, -0.25) is 0 Å². The maximum absolute atomic E-state index is 2.56. The fraction of sp³-hybridized carbons (Fsp3) is 0.429. The van der Waals surface area contributed by atoms with Crippen LogP contribution in [0, 0.1) is 17.8 Å². The van der Waals surface area contributed by atoms with Crippen molar-refractivity contribution in [2.24, 2.45) is 17.8 Å². The second-order valence-corrected chi connectivity index (χ2v) is 9.52. The fourth-order valence-corrected chi connectivity index (χ4v) is 5.32. The van der Waals surface area contributed by atoms with Gasteiger partial charge in [-0.2, -0.15) is 0 Å². The highest BCUT2D eigenvalue weighted by Gasteiger charge is 2.29. The zero-order chi connectivity index (χ0) is 19.8. The number of benzene rings is 2. The minimum atomic E-state index is 0.578. The molecule has 0 amide bonds. The van der Waals surface area contributed by atoms with Gasteiger partial charge in [-0.25, -0.2) is 0 Å². The van der Waals surface area contributed by atoms with Gasteiger partial charge in [0.2, 0.25) is 0 Å². The molecule has 0 heterocycles. The molecule has 4 rings (SSSR count). The quantitative estimate of drug-likeness (QED) is 0.482. The first kappa shape index (κ1) is 19.2. The Morgan fingerprint density at radius 1 is 0.607 bits per heavy atom. The Kier molecular flexibility index (Phi) is 5.32. The van der Waals surface area contributed by atoms with Crippen molar-refractivity contribution in [3.05, 3.63) is 82.9 Å². The third-order valence-electron chi connectivity index (χ3n) is 6.66. The normalized spacial score (nSPS) is 21.5. The van der Waals surface area contributed by atoms with Gasteiger partial charge in [0.15, 0.2) is 0 Å². The van der Waals surface area contributed by atoms with Crippen LogP contribution in [-0.4, -0.2) is 0 Å². The van der Waals surface area contributed by atoms with Crippen LogP contribution in [0.5, 0.6) is 0 Å². The molecule has 28 heavy (non-hydrogen) atoms.